The lowest BCUT2D eigenvalue weighted by atomic mass is 10.0. The first-order valence-corrected chi connectivity index (χ1v) is 8.68. The van der Waals surface area contributed by atoms with Gasteiger partial charge in [-0.3, -0.25) is 4.79 Å². The van der Waals surface area contributed by atoms with Crippen LogP contribution in [-0.2, 0) is 6.42 Å². The van der Waals surface area contributed by atoms with Crippen LogP contribution in [0.3, 0.4) is 0 Å². The molecule has 0 saturated heterocycles. The first-order chi connectivity index (χ1) is 11.5. The lowest BCUT2D eigenvalue weighted by Crippen LogP contribution is -2.20. The van der Waals surface area contributed by atoms with Crippen LogP contribution in [0.2, 0.25) is 0 Å². The van der Waals surface area contributed by atoms with E-state index >= 15 is 0 Å². The minimum atomic E-state index is -0.278. The molecule has 1 aromatic heterocycles. The molecule has 1 aliphatic heterocycles. The number of halogens is 2. The predicted octanol–water partition coefficient (Wildman–Crippen LogP) is 4.36. The Bertz CT molecular complexity index is 1030. The molecule has 120 valence electrons. The molecule has 0 saturated carbocycles. The second-order valence-electron chi connectivity index (χ2n) is 5.39. The summed E-state index contributed by atoms with van der Waals surface area (Å²) in [7, 11) is 0. The maximum Gasteiger partial charge on any atom is 0.258 e. The Morgan fingerprint density at radius 1 is 1.12 bits per heavy atom. The number of phenols is 1. The van der Waals surface area contributed by atoms with E-state index in [4.69, 9.17) is 4.74 Å². The van der Waals surface area contributed by atoms with E-state index in [2.05, 4.69) is 41.8 Å². The highest BCUT2D eigenvalue weighted by molar-refractivity contribution is 9.10. The van der Waals surface area contributed by atoms with Crippen molar-refractivity contribution >= 4 is 31.9 Å². The first kappa shape index (κ1) is 15.4. The quantitative estimate of drug-likeness (QED) is 0.452. The normalized spacial score (nSPS) is 12.2. The maximum atomic E-state index is 12.5. The Morgan fingerprint density at radius 2 is 1.88 bits per heavy atom. The summed E-state index contributed by atoms with van der Waals surface area (Å²) in [5.74, 6) is 1.23. The fourth-order valence-corrected chi connectivity index (χ4v) is 3.39. The van der Waals surface area contributed by atoms with Crippen LogP contribution in [0.4, 0.5) is 0 Å². The van der Waals surface area contributed by atoms with Gasteiger partial charge in [-0.05, 0) is 36.4 Å². The molecule has 0 amide bonds. The van der Waals surface area contributed by atoms with E-state index in [1.807, 2.05) is 18.2 Å². The molecule has 24 heavy (non-hydrogen) atoms. The maximum absolute atomic E-state index is 12.5. The highest BCUT2D eigenvalue weighted by atomic mass is 79.9. The zero-order valence-corrected chi connectivity index (χ0v) is 15.3. The van der Waals surface area contributed by atoms with E-state index in [0.717, 1.165) is 14.5 Å². The highest BCUT2D eigenvalue weighted by Crippen LogP contribution is 2.37. The number of nitrogens with zero attached hydrogens (tertiary/aromatic N) is 1. The fraction of sp³-hybridized carbons (Fsp3) is 0.0588. The van der Waals surface area contributed by atoms with Gasteiger partial charge in [0.05, 0.1) is 11.1 Å². The van der Waals surface area contributed by atoms with Crippen molar-refractivity contribution in [3.8, 4) is 28.8 Å². The van der Waals surface area contributed by atoms with Gasteiger partial charge in [0.2, 0.25) is 5.88 Å². The lowest BCUT2D eigenvalue weighted by Gasteiger charge is -2.19. The summed E-state index contributed by atoms with van der Waals surface area (Å²) in [6.07, 6.45) is 0.442. The van der Waals surface area contributed by atoms with Crippen molar-refractivity contribution in [3.63, 3.8) is 0 Å². The number of phenolic OH excluding ortho intramolecular Hbond substituents is 1. The first-order valence-electron chi connectivity index (χ1n) is 7.09. The molecule has 1 aliphatic rings. The van der Waals surface area contributed by atoms with Crippen LogP contribution in [0, 0.1) is 0 Å². The minimum Gasteiger partial charge on any atom is -0.507 e. The van der Waals surface area contributed by atoms with Crippen molar-refractivity contribution in [1.82, 2.24) is 9.97 Å². The molecule has 0 bridgehead atoms. The number of ether oxygens (including phenoxy) is 1. The molecule has 2 aromatic carbocycles. The molecular formula is C17H10Br2N2O3. The molecule has 0 fully saturated rings. The summed E-state index contributed by atoms with van der Waals surface area (Å²) in [5, 5.41) is 10.0. The summed E-state index contributed by atoms with van der Waals surface area (Å²) >= 11 is 6.76. The predicted molar refractivity (Wildman–Crippen MR) is 96.7 cm³/mol. The van der Waals surface area contributed by atoms with Gasteiger partial charge < -0.3 is 14.8 Å². The molecule has 0 atom stereocenters. The molecule has 0 unspecified atom stereocenters. The average molecular weight is 450 g/mol. The number of aromatic hydroxyl groups is 1. The third kappa shape index (κ3) is 2.63. The Kier molecular flexibility index (Phi) is 3.69. The molecule has 3 aromatic rings. The summed E-state index contributed by atoms with van der Waals surface area (Å²) in [4.78, 5) is 19.6. The fourth-order valence-electron chi connectivity index (χ4n) is 2.62. The molecule has 0 radical (unpaired) electrons. The summed E-state index contributed by atoms with van der Waals surface area (Å²) in [6, 6.07) is 10.6. The monoisotopic (exact) mass is 448 g/mol. The Labute approximate surface area is 153 Å². The number of H-pyrrole nitrogens is 1. The van der Waals surface area contributed by atoms with Crippen LogP contribution < -0.4 is 10.3 Å². The van der Waals surface area contributed by atoms with Crippen molar-refractivity contribution in [3.05, 3.63) is 66.8 Å². The summed E-state index contributed by atoms with van der Waals surface area (Å²) < 4.78 is 7.49. The average Bonchev–Trinajstić information content (AvgIpc) is 2.55. The minimum absolute atomic E-state index is 0.0291. The Hall–Kier alpha value is -2.12. The van der Waals surface area contributed by atoms with E-state index in [1.54, 1.807) is 12.1 Å². The summed E-state index contributed by atoms with van der Waals surface area (Å²) in [6.45, 7) is 0. The second-order valence-corrected chi connectivity index (χ2v) is 7.22. The van der Waals surface area contributed by atoms with Crippen molar-refractivity contribution in [2.45, 2.75) is 6.42 Å². The molecule has 2 N–H and O–H groups in total. The van der Waals surface area contributed by atoms with Crippen LogP contribution in [-0.4, -0.2) is 15.1 Å². The van der Waals surface area contributed by atoms with Crippen molar-refractivity contribution in [2.75, 3.05) is 0 Å². The number of aromatic amines is 1. The Balaban J connectivity index is 1.85. The van der Waals surface area contributed by atoms with Gasteiger partial charge in [0.25, 0.3) is 5.56 Å². The topological polar surface area (TPSA) is 75.2 Å². The number of benzene rings is 2. The number of aromatic nitrogens is 2. The third-order valence-electron chi connectivity index (χ3n) is 3.79. The van der Waals surface area contributed by atoms with Crippen molar-refractivity contribution in [2.24, 2.45) is 0 Å². The largest absolute Gasteiger partial charge is 0.507 e. The van der Waals surface area contributed by atoms with Gasteiger partial charge in [-0.2, -0.15) is 4.98 Å². The zero-order chi connectivity index (χ0) is 16.8. The number of rotatable bonds is 1. The molecule has 4 rings (SSSR count). The van der Waals surface area contributed by atoms with E-state index in [-0.39, 0.29) is 23.0 Å². The van der Waals surface area contributed by atoms with Crippen LogP contribution in [0.1, 0.15) is 11.1 Å². The van der Waals surface area contributed by atoms with Crippen LogP contribution >= 0.6 is 31.9 Å². The van der Waals surface area contributed by atoms with Gasteiger partial charge in [-0.15, -0.1) is 0 Å². The van der Waals surface area contributed by atoms with E-state index in [1.165, 1.54) is 6.07 Å². The number of nitrogens with one attached hydrogen (secondary N) is 1. The molecule has 0 spiro atoms. The van der Waals surface area contributed by atoms with Crippen LogP contribution in [0.15, 0.2) is 50.1 Å². The molecule has 7 heteroatoms. The van der Waals surface area contributed by atoms with Gasteiger partial charge in [0.1, 0.15) is 17.3 Å². The van der Waals surface area contributed by atoms with E-state index in [0.29, 0.717) is 23.3 Å². The van der Waals surface area contributed by atoms with Crippen molar-refractivity contribution in [1.29, 1.82) is 0 Å². The second kappa shape index (κ2) is 5.75. The van der Waals surface area contributed by atoms with Crippen LogP contribution in [0.5, 0.6) is 17.4 Å². The lowest BCUT2D eigenvalue weighted by molar-refractivity contribution is 0.437. The number of hydrogen-bond acceptors (Lipinski definition) is 4. The SMILES string of the molecule is O=c1[nH]c(-c2cc(Br)ccc2O)nc2c1Cc1cc(Br)ccc1O2. The Morgan fingerprint density at radius 3 is 2.71 bits per heavy atom. The van der Waals surface area contributed by atoms with Gasteiger partial charge in [-0.1, -0.05) is 31.9 Å². The number of fused-ring (bicyclic) bond motifs is 2. The smallest absolute Gasteiger partial charge is 0.258 e. The number of hydrogen-bond donors (Lipinski definition) is 2. The summed E-state index contributed by atoms with van der Waals surface area (Å²) in [5.41, 5.74) is 1.54. The van der Waals surface area contributed by atoms with Crippen molar-refractivity contribution < 1.29 is 9.84 Å². The molecule has 5 nitrogen and oxygen atoms in total. The molecule has 0 aliphatic carbocycles. The van der Waals surface area contributed by atoms with Gasteiger partial charge in [0, 0.05) is 20.9 Å². The zero-order valence-electron chi connectivity index (χ0n) is 12.1. The third-order valence-corrected chi connectivity index (χ3v) is 4.77. The van der Waals surface area contributed by atoms with E-state index in [9.17, 15) is 9.90 Å². The molecular weight excluding hydrogens is 440 g/mol. The van der Waals surface area contributed by atoms with Crippen LogP contribution in [0.25, 0.3) is 11.4 Å². The highest BCUT2D eigenvalue weighted by Gasteiger charge is 2.23. The van der Waals surface area contributed by atoms with Gasteiger partial charge in [-0.25, -0.2) is 0 Å². The molecule has 2 heterocycles. The van der Waals surface area contributed by atoms with Gasteiger partial charge in [0.15, 0.2) is 0 Å². The van der Waals surface area contributed by atoms with E-state index < -0.39 is 0 Å². The van der Waals surface area contributed by atoms with Gasteiger partial charge >= 0.3 is 0 Å². The standard InChI is InChI=1S/C17H10Br2N2O3/c18-9-2-4-14-8(5-9)6-12-16(23)20-15(21-17(12)24-14)11-7-10(19)1-3-13(11)22/h1-5,7,22H,6H2,(H,20,21,23).